The van der Waals surface area contributed by atoms with Gasteiger partial charge in [-0.2, -0.15) is 0 Å². The van der Waals surface area contributed by atoms with Gasteiger partial charge in [0.2, 0.25) is 0 Å². The van der Waals surface area contributed by atoms with Gasteiger partial charge in [-0.1, -0.05) is 17.7 Å². The number of halogens is 1. The minimum Gasteiger partial charge on any atom is -0.382 e. The molecule has 20 heavy (non-hydrogen) atoms. The molecule has 0 unspecified atom stereocenters. The van der Waals surface area contributed by atoms with Crippen LogP contribution in [0.1, 0.15) is 0 Å². The van der Waals surface area contributed by atoms with Gasteiger partial charge in [-0.25, -0.2) is 4.98 Å². The fourth-order valence-electron chi connectivity index (χ4n) is 2.39. The molecule has 0 atom stereocenters. The van der Waals surface area contributed by atoms with Crippen molar-refractivity contribution in [3.8, 4) is 0 Å². The van der Waals surface area contributed by atoms with Gasteiger partial charge >= 0.3 is 0 Å². The molecule has 0 bridgehead atoms. The number of rotatable bonds is 2. The van der Waals surface area contributed by atoms with Crippen molar-refractivity contribution in [1.29, 1.82) is 0 Å². The van der Waals surface area contributed by atoms with Crippen LogP contribution in [0.5, 0.6) is 0 Å². The number of aromatic nitrogens is 2. The van der Waals surface area contributed by atoms with Crippen molar-refractivity contribution in [2.75, 3.05) is 41.7 Å². The van der Waals surface area contributed by atoms with Gasteiger partial charge in [0.05, 0.1) is 12.4 Å². The van der Waals surface area contributed by atoms with E-state index in [2.05, 4.69) is 25.8 Å². The second-order valence-corrected chi connectivity index (χ2v) is 5.19. The van der Waals surface area contributed by atoms with E-state index in [0.29, 0.717) is 5.82 Å². The number of hydrogen-bond donors (Lipinski definition) is 1. The Morgan fingerprint density at radius 2 is 1.80 bits per heavy atom. The van der Waals surface area contributed by atoms with Crippen LogP contribution >= 0.6 is 11.6 Å². The van der Waals surface area contributed by atoms with E-state index in [-0.39, 0.29) is 0 Å². The molecule has 0 amide bonds. The standard InChI is InChI=1S/C14H16ClN5/c15-11-2-1-3-12(8-11)19-4-6-20(7-5-19)14-10-17-9-13(16)18-14/h1-3,8-10H,4-7H2,(H2,16,18). The summed E-state index contributed by atoms with van der Waals surface area (Å²) in [7, 11) is 0. The van der Waals surface area contributed by atoms with E-state index in [9.17, 15) is 0 Å². The van der Waals surface area contributed by atoms with Crippen molar-refractivity contribution in [3.05, 3.63) is 41.7 Å². The lowest BCUT2D eigenvalue weighted by Gasteiger charge is -2.36. The summed E-state index contributed by atoms with van der Waals surface area (Å²) in [6, 6.07) is 7.95. The quantitative estimate of drug-likeness (QED) is 0.917. The van der Waals surface area contributed by atoms with Crippen molar-refractivity contribution in [2.24, 2.45) is 0 Å². The minimum atomic E-state index is 0.458. The number of nitrogen functional groups attached to an aromatic ring is 1. The number of piperazine rings is 1. The van der Waals surface area contributed by atoms with E-state index in [0.717, 1.165) is 42.7 Å². The highest BCUT2D eigenvalue weighted by Gasteiger charge is 2.18. The van der Waals surface area contributed by atoms with Crippen LogP contribution in [0.25, 0.3) is 0 Å². The van der Waals surface area contributed by atoms with Crippen LogP contribution in [0.2, 0.25) is 5.02 Å². The van der Waals surface area contributed by atoms with Crippen molar-refractivity contribution >= 4 is 28.9 Å². The number of hydrogen-bond acceptors (Lipinski definition) is 5. The van der Waals surface area contributed by atoms with Crippen LogP contribution in [0.15, 0.2) is 36.7 Å². The first kappa shape index (κ1) is 13.0. The van der Waals surface area contributed by atoms with E-state index < -0.39 is 0 Å². The summed E-state index contributed by atoms with van der Waals surface area (Å²) in [6.45, 7) is 3.64. The first-order valence-corrected chi connectivity index (χ1v) is 6.93. The lowest BCUT2D eigenvalue weighted by molar-refractivity contribution is 0.647. The van der Waals surface area contributed by atoms with Crippen LogP contribution in [-0.2, 0) is 0 Å². The van der Waals surface area contributed by atoms with Crippen molar-refractivity contribution < 1.29 is 0 Å². The van der Waals surface area contributed by atoms with Crippen molar-refractivity contribution in [2.45, 2.75) is 0 Å². The summed E-state index contributed by atoms with van der Waals surface area (Å²) in [6.07, 6.45) is 3.32. The molecule has 2 heterocycles. The molecule has 0 spiro atoms. The number of nitrogens with two attached hydrogens (primary N) is 1. The summed E-state index contributed by atoms with van der Waals surface area (Å²) in [5.74, 6) is 1.30. The van der Waals surface area contributed by atoms with Crippen molar-refractivity contribution in [3.63, 3.8) is 0 Å². The predicted molar refractivity (Wildman–Crippen MR) is 82.3 cm³/mol. The summed E-state index contributed by atoms with van der Waals surface area (Å²) < 4.78 is 0. The maximum absolute atomic E-state index is 6.04. The molecular weight excluding hydrogens is 274 g/mol. The monoisotopic (exact) mass is 289 g/mol. The van der Waals surface area contributed by atoms with Crippen molar-refractivity contribution in [1.82, 2.24) is 9.97 Å². The van der Waals surface area contributed by atoms with E-state index in [1.54, 1.807) is 12.4 Å². The summed E-state index contributed by atoms with van der Waals surface area (Å²) in [5, 5.41) is 0.770. The molecule has 2 N–H and O–H groups in total. The van der Waals surface area contributed by atoms with Crippen LogP contribution in [0, 0.1) is 0 Å². The summed E-state index contributed by atoms with van der Waals surface area (Å²) in [4.78, 5) is 12.9. The Kier molecular flexibility index (Phi) is 3.60. The second kappa shape index (κ2) is 5.54. The number of nitrogens with zero attached hydrogens (tertiary/aromatic N) is 4. The smallest absolute Gasteiger partial charge is 0.149 e. The zero-order valence-corrected chi connectivity index (χ0v) is 11.8. The van der Waals surface area contributed by atoms with Gasteiger partial charge in [-0.3, -0.25) is 4.98 Å². The molecule has 1 saturated heterocycles. The van der Waals surface area contributed by atoms with Gasteiger partial charge in [0.1, 0.15) is 11.6 Å². The zero-order valence-electron chi connectivity index (χ0n) is 11.0. The summed E-state index contributed by atoms with van der Waals surface area (Å²) in [5.41, 5.74) is 6.84. The zero-order chi connectivity index (χ0) is 13.9. The predicted octanol–water partition coefficient (Wildman–Crippen LogP) is 2.04. The SMILES string of the molecule is Nc1cncc(N2CCN(c3cccc(Cl)c3)CC2)n1. The van der Waals surface area contributed by atoms with Gasteiger partial charge in [0.15, 0.2) is 0 Å². The van der Waals surface area contributed by atoms with Crippen LogP contribution < -0.4 is 15.5 Å². The average Bonchev–Trinajstić information content (AvgIpc) is 2.47. The molecular formula is C14H16ClN5. The van der Waals surface area contributed by atoms with E-state index >= 15 is 0 Å². The summed E-state index contributed by atoms with van der Waals surface area (Å²) >= 11 is 6.04. The fraction of sp³-hybridized carbons (Fsp3) is 0.286. The highest BCUT2D eigenvalue weighted by atomic mass is 35.5. The molecule has 2 aromatic rings. The van der Waals surface area contributed by atoms with Crippen LogP contribution in [-0.4, -0.2) is 36.1 Å². The third kappa shape index (κ3) is 2.77. The minimum absolute atomic E-state index is 0.458. The molecule has 3 rings (SSSR count). The largest absolute Gasteiger partial charge is 0.382 e. The Labute approximate surface area is 123 Å². The van der Waals surface area contributed by atoms with E-state index in [1.807, 2.05) is 18.2 Å². The third-order valence-electron chi connectivity index (χ3n) is 3.42. The Bertz CT molecular complexity index is 542. The molecule has 1 aromatic carbocycles. The topological polar surface area (TPSA) is 58.3 Å². The van der Waals surface area contributed by atoms with Crippen LogP contribution in [0.3, 0.4) is 0 Å². The highest BCUT2D eigenvalue weighted by molar-refractivity contribution is 6.30. The lowest BCUT2D eigenvalue weighted by atomic mass is 10.2. The number of anilines is 3. The molecule has 1 aliphatic rings. The molecule has 5 nitrogen and oxygen atoms in total. The Hall–Kier alpha value is -2.01. The maximum atomic E-state index is 6.04. The fourth-order valence-corrected chi connectivity index (χ4v) is 2.57. The number of benzene rings is 1. The first-order valence-electron chi connectivity index (χ1n) is 6.55. The molecule has 6 heteroatoms. The third-order valence-corrected chi connectivity index (χ3v) is 3.65. The first-order chi connectivity index (χ1) is 9.72. The normalized spacial score (nSPS) is 15.4. The van der Waals surface area contributed by atoms with Gasteiger partial charge in [-0.15, -0.1) is 0 Å². The molecule has 1 aliphatic heterocycles. The molecule has 1 fully saturated rings. The Morgan fingerprint density at radius 3 is 2.50 bits per heavy atom. The van der Waals surface area contributed by atoms with Gasteiger partial charge in [-0.05, 0) is 18.2 Å². The highest BCUT2D eigenvalue weighted by Crippen LogP contribution is 2.22. The molecule has 0 radical (unpaired) electrons. The molecule has 1 aromatic heterocycles. The van der Waals surface area contributed by atoms with Gasteiger partial charge in [0, 0.05) is 36.9 Å². The van der Waals surface area contributed by atoms with E-state index in [1.165, 1.54) is 0 Å². The average molecular weight is 290 g/mol. The van der Waals surface area contributed by atoms with E-state index in [4.69, 9.17) is 17.3 Å². The van der Waals surface area contributed by atoms with Crippen LogP contribution in [0.4, 0.5) is 17.3 Å². The lowest BCUT2D eigenvalue weighted by Crippen LogP contribution is -2.46. The molecule has 0 saturated carbocycles. The molecule has 0 aliphatic carbocycles. The van der Waals surface area contributed by atoms with Gasteiger partial charge < -0.3 is 15.5 Å². The Morgan fingerprint density at radius 1 is 1.05 bits per heavy atom. The Balaban J connectivity index is 1.68. The maximum Gasteiger partial charge on any atom is 0.149 e. The second-order valence-electron chi connectivity index (χ2n) is 4.76. The molecule has 104 valence electrons. The van der Waals surface area contributed by atoms with Gasteiger partial charge in [0.25, 0.3) is 0 Å².